The van der Waals surface area contributed by atoms with Gasteiger partial charge in [-0.3, -0.25) is 0 Å². The highest BCUT2D eigenvalue weighted by atomic mass is 32.2. The van der Waals surface area contributed by atoms with Gasteiger partial charge in [0, 0.05) is 18.7 Å². The monoisotopic (exact) mass is 306 g/mol. The highest BCUT2D eigenvalue weighted by Gasteiger charge is 2.29. The van der Waals surface area contributed by atoms with E-state index in [0.29, 0.717) is 30.4 Å². The Labute approximate surface area is 127 Å². The van der Waals surface area contributed by atoms with Crippen molar-refractivity contribution in [3.05, 3.63) is 29.8 Å². The van der Waals surface area contributed by atoms with Gasteiger partial charge in [-0.1, -0.05) is 25.2 Å². The van der Waals surface area contributed by atoms with E-state index in [1.807, 2.05) is 0 Å². The second-order valence-corrected chi connectivity index (χ2v) is 7.25. The molecule has 0 amide bonds. The Kier molecular flexibility index (Phi) is 5.40. The molecule has 0 aromatic heterocycles. The lowest BCUT2D eigenvalue weighted by atomic mass is 9.97. The Morgan fingerprint density at radius 3 is 2.67 bits per heavy atom. The second kappa shape index (κ2) is 7.08. The first-order chi connectivity index (χ1) is 10.1. The zero-order valence-electron chi connectivity index (χ0n) is 12.4. The zero-order valence-corrected chi connectivity index (χ0v) is 13.2. The second-order valence-electron chi connectivity index (χ2n) is 5.31. The predicted molar refractivity (Wildman–Crippen MR) is 84.1 cm³/mol. The molecular formula is C16H22N2O2S. The third-order valence-corrected chi connectivity index (χ3v) is 5.77. The molecule has 114 valence electrons. The van der Waals surface area contributed by atoms with E-state index in [1.165, 1.54) is 0 Å². The molecule has 2 rings (SSSR count). The van der Waals surface area contributed by atoms with Crippen molar-refractivity contribution in [2.75, 3.05) is 19.6 Å². The third kappa shape index (κ3) is 3.85. The summed E-state index contributed by atoms with van der Waals surface area (Å²) < 4.78 is 26.9. The van der Waals surface area contributed by atoms with Crippen molar-refractivity contribution >= 4 is 10.0 Å². The number of rotatable bonds is 3. The molecule has 1 aliphatic rings. The molecule has 4 nitrogen and oxygen atoms in total. The van der Waals surface area contributed by atoms with Gasteiger partial charge in [0.2, 0.25) is 10.0 Å². The molecule has 1 saturated heterocycles. The summed E-state index contributed by atoms with van der Waals surface area (Å²) in [7, 11) is -3.38. The molecular weight excluding hydrogens is 284 g/mol. The van der Waals surface area contributed by atoms with Crippen LogP contribution < -0.4 is 5.73 Å². The maximum atomic E-state index is 12.6. The summed E-state index contributed by atoms with van der Waals surface area (Å²) in [5.74, 6) is 6.13. The van der Waals surface area contributed by atoms with Crippen LogP contribution in [0.1, 0.15) is 31.7 Å². The molecule has 1 aromatic rings. The van der Waals surface area contributed by atoms with Gasteiger partial charge in [-0.15, -0.1) is 0 Å². The Morgan fingerprint density at radius 2 is 2.05 bits per heavy atom. The van der Waals surface area contributed by atoms with E-state index in [4.69, 9.17) is 5.73 Å². The van der Waals surface area contributed by atoms with Gasteiger partial charge in [0.25, 0.3) is 0 Å². The van der Waals surface area contributed by atoms with Gasteiger partial charge in [-0.05, 0) is 43.0 Å². The fourth-order valence-electron chi connectivity index (χ4n) is 2.59. The normalized spacial score (nSPS) is 19.8. The maximum absolute atomic E-state index is 12.6. The standard InChI is InChI=1S/C16H22N2O2S/c1-2-14-6-4-12-18(13-14)21(19,20)16-9-7-15(8-10-16)5-3-11-17/h7-10,14H,2,4,6,11-13,17H2,1H3. The lowest BCUT2D eigenvalue weighted by molar-refractivity contribution is 0.261. The van der Waals surface area contributed by atoms with Crippen LogP contribution in [0.25, 0.3) is 0 Å². The number of hydrogen-bond acceptors (Lipinski definition) is 3. The number of hydrogen-bond donors (Lipinski definition) is 1. The van der Waals surface area contributed by atoms with Crippen LogP contribution in [0.2, 0.25) is 0 Å². The van der Waals surface area contributed by atoms with Crippen LogP contribution in [0.4, 0.5) is 0 Å². The van der Waals surface area contributed by atoms with E-state index in [2.05, 4.69) is 18.8 Å². The molecule has 21 heavy (non-hydrogen) atoms. The average Bonchev–Trinajstić information content (AvgIpc) is 2.53. The number of piperidine rings is 1. The Balaban J connectivity index is 2.19. The third-order valence-electron chi connectivity index (χ3n) is 3.89. The van der Waals surface area contributed by atoms with Crippen molar-refractivity contribution in [1.29, 1.82) is 0 Å². The van der Waals surface area contributed by atoms with Gasteiger partial charge >= 0.3 is 0 Å². The minimum Gasteiger partial charge on any atom is -0.320 e. The summed E-state index contributed by atoms with van der Waals surface area (Å²) in [5.41, 5.74) is 6.10. The molecule has 1 aliphatic heterocycles. The van der Waals surface area contributed by atoms with E-state index in [0.717, 1.165) is 24.8 Å². The summed E-state index contributed by atoms with van der Waals surface area (Å²) in [6, 6.07) is 6.73. The van der Waals surface area contributed by atoms with Gasteiger partial charge in [0.1, 0.15) is 0 Å². The Morgan fingerprint density at radius 1 is 1.33 bits per heavy atom. The molecule has 2 N–H and O–H groups in total. The topological polar surface area (TPSA) is 63.4 Å². The van der Waals surface area contributed by atoms with Crippen molar-refractivity contribution in [3.8, 4) is 11.8 Å². The first-order valence-electron chi connectivity index (χ1n) is 7.37. The van der Waals surface area contributed by atoms with Crippen LogP contribution in [0.15, 0.2) is 29.2 Å². The van der Waals surface area contributed by atoms with Crippen LogP contribution in [0, 0.1) is 17.8 Å². The number of nitrogens with zero attached hydrogens (tertiary/aromatic N) is 1. The molecule has 1 fully saturated rings. The first kappa shape index (κ1) is 16.0. The summed E-state index contributed by atoms with van der Waals surface area (Å²) in [4.78, 5) is 0.345. The predicted octanol–water partition coefficient (Wildman–Crippen LogP) is 1.81. The van der Waals surface area contributed by atoms with Crippen LogP contribution in [0.3, 0.4) is 0 Å². The molecule has 1 unspecified atom stereocenters. The van der Waals surface area contributed by atoms with Crippen molar-refractivity contribution < 1.29 is 8.42 Å². The maximum Gasteiger partial charge on any atom is 0.243 e. The molecule has 0 saturated carbocycles. The summed E-state index contributed by atoms with van der Waals surface area (Å²) in [5, 5.41) is 0. The van der Waals surface area contributed by atoms with E-state index >= 15 is 0 Å². The fourth-order valence-corrected chi connectivity index (χ4v) is 4.15. The van der Waals surface area contributed by atoms with Crippen molar-refractivity contribution in [1.82, 2.24) is 4.31 Å². The van der Waals surface area contributed by atoms with E-state index in [-0.39, 0.29) is 0 Å². The van der Waals surface area contributed by atoms with Gasteiger partial charge in [0.05, 0.1) is 11.4 Å². The molecule has 1 heterocycles. The van der Waals surface area contributed by atoms with Crippen molar-refractivity contribution in [2.24, 2.45) is 11.7 Å². The van der Waals surface area contributed by atoms with E-state index in [1.54, 1.807) is 28.6 Å². The van der Waals surface area contributed by atoms with Gasteiger partial charge in [0.15, 0.2) is 0 Å². The van der Waals surface area contributed by atoms with E-state index in [9.17, 15) is 8.42 Å². The van der Waals surface area contributed by atoms with Gasteiger partial charge in [-0.25, -0.2) is 8.42 Å². The summed E-state index contributed by atoms with van der Waals surface area (Å²) in [6.07, 6.45) is 3.09. The average molecular weight is 306 g/mol. The van der Waals surface area contributed by atoms with Crippen molar-refractivity contribution in [3.63, 3.8) is 0 Å². The van der Waals surface area contributed by atoms with Crippen LogP contribution in [-0.2, 0) is 10.0 Å². The molecule has 0 bridgehead atoms. The molecule has 1 aromatic carbocycles. The summed E-state index contributed by atoms with van der Waals surface area (Å²) in [6.45, 7) is 3.67. The van der Waals surface area contributed by atoms with Gasteiger partial charge < -0.3 is 5.73 Å². The highest BCUT2D eigenvalue weighted by Crippen LogP contribution is 2.25. The number of benzene rings is 1. The number of nitrogens with two attached hydrogens (primary N) is 1. The molecule has 0 spiro atoms. The highest BCUT2D eigenvalue weighted by molar-refractivity contribution is 7.89. The SMILES string of the molecule is CCC1CCCN(S(=O)(=O)c2ccc(C#CCN)cc2)C1. The Hall–Kier alpha value is -1.35. The van der Waals surface area contributed by atoms with Gasteiger partial charge in [-0.2, -0.15) is 4.31 Å². The smallest absolute Gasteiger partial charge is 0.243 e. The quantitative estimate of drug-likeness (QED) is 0.866. The number of sulfonamides is 1. The van der Waals surface area contributed by atoms with Crippen LogP contribution in [-0.4, -0.2) is 32.4 Å². The minimum absolute atomic E-state index is 0.298. The Bertz CT molecular complexity index is 626. The molecule has 0 radical (unpaired) electrons. The van der Waals surface area contributed by atoms with Crippen molar-refractivity contribution in [2.45, 2.75) is 31.1 Å². The van der Waals surface area contributed by atoms with Crippen LogP contribution in [0.5, 0.6) is 0 Å². The first-order valence-corrected chi connectivity index (χ1v) is 8.81. The molecule has 0 aliphatic carbocycles. The summed E-state index contributed by atoms with van der Waals surface area (Å²) >= 11 is 0. The zero-order chi connectivity index (χ0) is 15.3. The molecule has 1 atom stereocenters. The van der Waals surface area contributed by atoms with E-state index < -0.39 is 10.0 Å². The minimum atomic E-state index is -3.38. The lowest BCUT2D eigenvalue weighted by Gasteiger charge is -2.31. The molecule has 5 heteroatoms. The van der Waals surface area contributed by atoms with Crippen LogP contribution >= 0.6 is 0 Å². The fraction of sp³-hybridized carbons (Fsp3) is 0.500. The lowest BCUT2D eigenvalue weighted by Crippen LogP contribution is -2.39. The largest absolute Gasteiger partial charge is 0.320 e.